The Kier molecular flexibility index (Phi) is 4.90. The van der Waals surface area contributed by atoms with Crippen molar-refractivity contribution in [2.75, 3.05) is 0 Å². The molecule has 29 heavy (non-hydrogen) atoms. The van der Waals surface area contributed by atoms with E-state index in [1.165, 1.54) is 28.5 Å². The SMILES string of the molecule is CCC(C)Sc1nc2c([nH]c3ccccc32)c(=O)n1-c1cccc(C(F)(F)F)c1. The second-order valence-corrected chi connectivity index (χ2v) is 8.22. The van der Waals surface area contributed by atoms with E-state index in [1.807, 2.05) is 38.1 Å². The summed E-state index contributed by atoms with van der Waals surface area (Å²) in [5.41, 5.74) is 0.475. The molecule has 2 aromatic heterocycles. The molecule has 0 aliphatic heterocycles. The highest BCUT2D eigenvalue weighted by molar-refractivity contribution is 7.99. The van der Waals surface area contributed by atoms with Crippen molar-refractivity contribution in [2.24, 2.45) is 0 Å². The van der Waals surface area contributed by atoms with Gasteiger partial charge in [-0.1, -0.05) is 49.9 Å². The maximum absolute atomic E-state index is 13.3. The van der Waals surface area contributed by atoms with Gasteiger partial charge in [-0.2, -0.15) is 13.2 Å². The second-order valence-electron chi connectivity index (χ2n) is 6.81. The molecule has 0 amide bonds. The molecule has 0 radical (unpaired) electrons. The first kappa shape index (κ1) is 19.6. The molecule has 2 aromatic carbocycles. The monoisotopic (exact) mass is 417 g/mol. The molecule has 4 nitrogen and oxygen atoms in total. The Balaban J connectivity index is 2.04. The van der Waals surface area contributed by atoms with Crippen molar-refractivity contribution in [1.29, 1.82) is 0 Å². The first-order valence-electron chi connectivity index (χ1n) is 9.17. The third-order valence-corrected chi connectivity index (χ3v) is 6.03. The van der Waals surface area contributed by atoms with Gasteiger partial charge in [0.25, 0.3) is 5.56 Å². The van der Waals surface area contributed by atoms with Gasteiger partial charge in [-0.25, -0.2) is 4.98 Å². The number of benzene rings is 2. The lowest BCUT2D eigenvalue weighted by molar-refractivity contribution is -0.137. The summed E-state index contributed by atoms with van der Waals surface area (Å²) in [6.07, 6.45) is -3.67. The van der Waals surface area contributed by atoms with Crippen molar-refractivity contribution in [3.05, 3.63) is 64.4 Å². The molecule has 1 unspecified atom stereocenters. The van der Waals surface area contributed by atoms with Crippen molar-refractivity contribution in [2.45, 2.75) is 36.9 Å². The van der Waals surface area contributed by atoms with Crippen LogP contribution in [0.5, 0.6) is 0 Å². The van der Waals surface area contributed by atoms with Crippen LogP contribution in [0, 0.1) is 0 Å². The van der Waals surface area contributed by atoms with Crippen molar-refractivity contribution < 1.29 is 13.2 Å². The van der Waals surface area contributed by atoms with Crippen molar-refractivity contribution in [1.82, 2.24) is 14.5 Å². The first-order chi connectivity index (χ1) is 13.8. The Morgan fingerprint density at radius 3 is 2.66 bits per heavy atom. The van der Waals surface area contributed by atoms with Crippen LogP contribution in [0.2, 0.25) is 0 Å². The summed E-state index contributed by atoms with van der Waals surface area (Å²) >= 11 is 1.38. The maximum atomic E-state index is 13.3. The topological polar surface area (TPSA) is 50.7 Å². The highest BCUT2D eigenvalue weighted by atomic mass is 32.2. The molecule has 1 atom stereocenters. The molecular weight excluding hydrogens is 399 g/mol. The van der Waals surface area contributed by atoms with Gasteiger partial charge in [0.15, 0.2) is 5.16 Å². The van der Waals surface area contributed by atoms with E-state index < -0.39 is 17.3 Å². The minimum atomic E-state index is -4.50. The predicted molar refractivity (Wildman–Crippen MR) is 110 cm³/mol. The molecule has 8 heteroatoms. The molecule has 0 fully saturated rings. The fourth-order valence-corrected chi connectivity index (χ4v) is 4.10. The molecule has 0 bridgehead atoms. The minimum absolute atomic E-state index is 0.140. The van der Waals surface area contributed by atoms with Crippen LogP contribution in [0.1, 0.15) is 25.8 Å². The van der Waals surface area contributed by atoms with Gasteiger partial charge >= 0.3 is 6.18 Å². The number of para-hydroxylation sites is 1. The van der Waals surface area contributed by atoms with Gasteiger partial charge in [0.1, 0.15) is 11.0 Å². The zero-order chi connectivity index (χ0) is 20.8. The summed E-state index contributed by atoms with van der Waals surface area (Å²) in [5, 5.41) is 1.32. The molecule has 1 N–H and O–H groups in total. The van der Waals surface area contributed by atoms with E-state index >= 15 is 0 Å². The number of nitrogens with zero attached hydrogens (tertiary/aromatic N) is 2. The summed E-state index contributed by atoms with van der Waals surface area (Å²) in [4.78, 5) is 21.1. The maximum Gasteiger partial charge on any atom is 0.416 e. The highest BCUT2D eigenvalue weighted by Crippen LogP contribution is 2.32. The lowest BCUT2D eigenvalue weighted by Crippen LogP contribution is -2.23. The number of alkyl halides is 3. The molecule has 0 spiro atoms. The average Bonchev–Trinajstić information content (AvgIpc) is 3.07. The standard InChI is InChI=1S/C21H18F3N3OS/c1-3-12(2)29-20-26-17-15-9-4-5-10-16(15)25-18(17)19(28)27(20)14-8-6-7-13(11-14)21(22,23)24/h4-12,25H,3H2,1-2H3. The first-order valence-corrected chi connectivity index (χ1v) is 10.1. The minimum Gasteiger partial charge on any atom is -0.349 e. The quantitative estimate of drug-likeness (QED) is 0.338. The molecule has 4 rings (SSSR count). The number of thioether (sulfide) groups is 1. The number of aromatic nitrogens is 3. The Morgan fingerprint density at radius 1 is 1.17 bits per heavy atom. The van der Waals surface area contributed by atoms with E-state index in [4.69, 9.17) is 4.98 Å². The van der Waals surface area contributed by atoms with Gasteiger partial charge < -0.3 is 4.98 Å². The van der Waals surface area contributed by atoms with Gasteiger partial charge in [-0.3, -0.25) is 9.36 Å². The second kappa shape index (κ2) is 7.26. The van der Waals surface area contributed by atoms with E-state index in [1.54, 1.807) is 0 Å². The number of aromatic amines is 1. The van der Waals surface area contributed by atoms with E-state index in [9.17, 15) is 18.0 Å². The molecule has 0 saturated heterocycles. The van der Waals surface area contributed by atoms with E-state index in [2.05, 4.69) is 4.98 Å². The van der Waals surface area contributed by atoms with Crippen molar-refractivity contribution in [3.8, 4) is 5.69 Å². The molecule has 4 aromatic rings. The van der Waals surface area contributed by atoms with Crippen LogP contribution in [0.15, 0.2) is 58.5 Å². The predicted octanol–water partition coefficient (Wildman–Crippen LogP) is 5.78. The van der Waals surface area contributed by atoms with Crippen LogP contribution in [0.4, 0.5) is 13.2 Å². The number of hydrogen-bond acceptors (Lipinski definition) is 3. The number of hydrogen-bond donors (Lipinski definition) is 1. The zero-order valence-corrected chi connectivity index (χ0v) is 16.6. The summed E-state index contributed by atoms with van der Waals surface area (Å²) in [7, 11) is 0. The number of halogens is 3. The summed E-state index contributed by atoms with van der Waals surface area (Å²) in [6.45, 7) is 4.00. The molecule has 0 aliphatic carbocycles. The molecule has 0 aliphatic rings. The molecule has 150 valence electrons. The van der Waals surface area contributed by atoms with Crippen LogP contribution in [0.25, 0.3) is 27.6 Å². The largest absolute Gasteiger partial charge is 0.416 e. The smallest absolute Gasteiger partial charge is 0.349 e. The number of H-pyrrole nitrogens is 1. The normalized spacial score (nSPS) is 13.3. The Bertz CT molecular complexity index is 1260. The zero-order valence-electron chi connectivity index (χ0n) is 15.7. The summed E-state index contributed by atoms with van der Waals surface area (Å²) in [6, 6.07) is 12.2. The summed E-state index contributed by atoms with van der Waals surface area (Å²) < 4.78 is 41.0. The van der Waals surface area contributed by atoms with E-state index in [-0.39, 0.29) is 16.5 Å². The number of rotatable bonds is 4. The van der Waals surface area contributed by atoms with Crippen LogP contribution in [0.3, 0.4) is 0 Å². The van der Waals surface area contributed by atoms with Crippen LogP contribution in [-0.2, 0) is 6.18 Å². The lowest BCUT2D eigenvalue weighted by Gasteiger charge is -2.16. The van der Waals surface area contributed by atoms with Gasteiger partial charge in [0, 0.05) is 16.2 Å². The lowest BCUT2D eigenvalue weighted by atomic mass is 10.2. The Hall–Kier alpha value is -2.74. The molecular formula is C21H18F3N3OS. The van der Waals surface area contributed by atoms with Gasteiger partial charge in [0.05, 0.1) is 11.3 Å². The molecule has 0 saturated carbocycles. The third-order valence-electron chi connectivity index (χ3n) is 4.81. The molecule has 2 heterocycles. The fourth-order valence-electron chi connectivity index (χ4n) is 3.13. The number of fused-ring (bicyclic) bond motifs is 3. The Labute approximate surface area is 168 Å². The van der Waals surface area contributed by atoms with Crippen LogP contribution in [-0.4, -0.2) is 19.8 Å². The Morgan fingerprint density at radius 2 is 1.93 bits per heavy atom. The van der Waals surface area contributed by atoms with Crippen LogP contribution < -0.4 is 5.56 Å². The van der Waals surface area contributed by atoms with Gasteiger partial charge in [0.2, 0.25) is 0 Å². The van der Waals surface area contributed by atoms with Crippen molar-refractivity contribution in [3.63, 3.8) is 0 Å². The number of nitrogens with one attached hydrogen (secondary N) is 1. The van der Waals surface area contributed by atoms with E-state index in [0.717, 1.165) is 29.5 Å². The van der Waals surface area contributed by atoms with Gasteiger partial charge in [-0.15, -0.1) is 0 Å². The van der Waals surface area contributed by atoms with Crippen LogP contribution >= 0.6 is 11.8 Å². The van der Waals surface area contributed by atoms with E-state index in [0.29, 0.717) is 10.7 Å². The fraction of sp³-hybridized carbons (Fsp3) is 0.238. The van der Waals surface area contributed by atoms with Crippen molar-refractivity contribution >= 4 is 33.7 Å². The highest BCUT2D eigenvalue weighted by Gasteiger charge is 2.31. The van der Waals surface area contributed by atoms with Gasteiger partial charge in [-0.05, 0) is 30.7 Å². The summed E-state index contributed by atoms with van der Waals surface area (Å²) in [5.74, 6) is 0. The average molecular weight is 417 g/mol. The third kappa shape index (κ3) is 3.53.